The molecule has 0 aliphatic carbocycles. The van der Waals surface area contributed by atoms with Crippen LogP contribution in [0, 0.1) is 0 Å². The number of esters is 1. The third-order valence-electron chi connectivity index (χ3n) is 5.58. The molecule has 0 spiro atoms. The number of methoxy groups -OCH3 is 1. The molecule has 0 aliphatic rings. The summed E-state index contributed by atoms with van der Waals surface area (Å²) in [6.45, 7) is 2.73. The van der Waals surface area contributed by atoms with Crippen LogP contribution in [0.3, 0.4) is 0 Å². The summed E-state index contributed by atoms with van der Waals surface area (Å²) in [4.78, 5) is 22.0. The molecule has 0 bridgehead atoms. The molecule has 0 fully saturated rings. The zero-order valence-electron chi connectivity index (χ0n) is 22.6. The van der Waals surface area contributed by atoms with Crippen molar-refractivity contribution < 1.29 is 37.3 Å². The summed E-state index contributed by atoms with van der Waals surface area (Å²) in [5, 5.41) is 0. The second-order valence-corrected chi connectivity index (χ2v) is 11.6. The molecule has 204 valence electrons. The van der Waals surface area contributed by atoms with E-state index in [2.05, 4.69) is 6.92 Å². The van der Waals surface area contributed by atoms with Crippen LogP contribution in [-0.2, 0) is 27.9 Å². The Balaban J connectivity index is 3.86. The molecular formula is C25H53NO7P+. The highest BCUT2D eigenvalue weighted by molar-refractivity contribution is 7.47. The molecule has 0 saturated heterocycles. The SMILES string of the molecule is CCCCCCCCCCCCCCCC(=O)O[C@H](COC)COP(=O)(O)OCC[N+](C)(C)C. The lowest BCUT2D eigenvalue weighted by Crippen LogP contribution is -2.37. The van der Waals surface area contributed by atoms with Gasteiger partial charge in [0, 0.05) is 13.5 Å². The molecule has 0 aromatic carbocycles. The Labute approximate surface area is 208 Å². The first-order chi connectivity index (χ1) is 16.1. The third kappa shape index (κ3) is 23.3. The summed E-state index contributed by atoms with van der Waals surface area (Å²) < 4.78 is 33.0. The number of likely N-dealkylation sites (N-methyl/N-ethyl adjacent to an activating group) is 1. The molecule has 0 aromatic heterocycles. The highest BCUT2D eigenvalue weighted by Crippen LogP contribution is 2.43. The molecule has 8 nitrogen and oxygen atoms in total. The number of carbonyl (C=O) groups excluding carboxylic acids is 1. The summed E-state index contributed by atoms with van der Waals surface area (Å²) in [6, 6.07) is 0. The van der Waals surface area contributed by atoms with E-state index in [4.69, 9.17) is 18.5 Å². The van der Waals surface area contributed by atoms with Gasteiger partial charge in [0.1, 0.15) is 19.3 Å². The second kappa shape index (κ2) is 20.7. The first kappa shape index (κ1) is 33.5. The standard InChI is InChI=1S/C25H52NO7P/c1-6-7-8-9-10-11-12-13-14-15-16-17-18-19-25(27)33-24(22-30-5)23-32-34(28,29)31-21-20-26(2,3)4/h24H,6-23H2,1-5H3/p+1/t24-/m1/s1. The van der Waals surface area contributed by atoms with Crippen LogP contribution in [-0.4, -0.2) is 76.1 Å². The molecule has 34 heavy (non-hydrogen) atoms. The number of ether oxygens (including phenoxy) is 2. The van der Waals surface area contributed by atoms with Gasteiger partial charge in [-0.2, -0.15) is 0 Å². The zero-order chi connectivity index (χ0) is 25.7. The Hall–Kier alpha value is -0.500. The highest BCUT2D eigenvalue weighted by Gasteiger charge is 2.26. The quantitative estimate of drug-likeness (QED) is 0.0752. The smallest absolute Gasteiger partial charge is 0.457 e. The normalized spacial score (nSPS) is 14.6. The fourth-order valence-corrected chi connectivity index (χ4v) is 4.22. The molecule has 1 N–H and O–H groups in total. The molecule has 0 radical (unpaired) electrons. The Morgan fingerprint density at radius 3 is 1.79 bits per heavy atom. The van der Waals surface area contributed by atoms with Gasteiger partial charge >= 0.3 is 13.8 Å². The Morgan fingerprint density at radius 1 is 0.824 bits per heavy atom. The molecule has 0 amide bonds. The van der Waals surface area contributed by atoms with Gasteiger partial charge in [0.15, 0.2) is 0 Å². The monoisotopic (exact) mass is 510 g/mol. The number of hydrogen-bond donors (Lipinski definition) is 1. The molecule has 0 saturated carbocycles. The second-order valence-electron chi connectivity index (χ2n) is 10.2. The molecule has 0 rings (SSSR count). The van der Waals surface area contributed by atoms with Crippen LogP contribution < -0.4 is 0 Å². The first-order valence-corrected chi connectivity index (χ1v) is 14.7. The lowest BCUT2D eigenvalue weighted by molar-refractivity contribution is -0.870. The summed E-state index contributed by atoms with van der Waals surface area (Å²) >= 11 is 0. The minimum Gasteiger partial charge on any atom is -0.457 e. The summed E-state index contributed by atoms with van der Waals surface area (Å²) in [5.41, 5.74) is 0. The zero-order valence-corrected chi connectivity index (χ0v) is 23.5. The van der Waals surface area contributed by atoms with Crippen molar-refractivity contribution >= 4 is 13.8 Å². The molecular weight excluding hydrogens is 457 g/mol. The number of phosphoric acid groups is 1. The van der Waals surface area contributed by atoms with Gasteiger partial charge in [-0.15, -0.1) is 0 Å². The van der Waals surface area contributed by atoms with E-state index in [1.165, 1.54) is 71.3 Å². The van der Waals surface area contributed by atoms with Crippen molar-refractivity contribution in [2.24, 2.45) is 0 Å². The van der Waals surface area contributed by atoms with Crippen molar-refractivity contribution in [1.29, 1.82) is 0 Å². The summed E-state index contributed by atoms with van der Waals surface area (Å²) in [6.07, 6.45) is 15.8. The van der Waals surface area contributed by atoms with E-state index in [-0.39, 0.29) is 25.8 Å². The number of nitrogens with zero attached hydrogens (tertiary/aromatic N) is 1. The van der Waals surface area contributed by atoms with E-state index in [1.807, 2.05) is 21.1 Å². The average Bonchev–Trinajstić information content (AvgIpc) is 2.74. The Morgan fingerprint density at radius 2 is 1.32 bits per heavy atom. The Kier molecular flexibility index (Phi) is 20.4. The van der Waals surface area contributed by atoms with Gasteiger partial charge in [0.25, 0.3) is 0 Å². The number of carbonyl (C=O) groups is 1. The number of unbranched alkanes of at least 4 members (excludes halogenated alkanes) is 12. The van der Waals surface area contributed by atoms with Crippen LogP contribution in [0.1, 0.15) is 96.8 Å². The predicted molar refractivity (Wildman–Crippen MR) is 137 cm³/mol. The molecule has 2 atom stereocenters. The fraction of sp³-hybridized carbons (Fsp3) is 0.960. The molecule has 0 heterocycles. The number of quaternary nitrogens is 1. The van der Waals surface area contributed by atoms with Crippen molar-refractivity contribution in [2.45, 2.75) is 103 Å². The van der Waals surface area contributed by atoms with Crippen molar-refractivity contribution in [1.82, 2.24) is 0 Å². The maximum absolute atomic E-state index is 12.1. The van der Waals surface area contributed by atoms with Gasteiger partial charge < -0.3 is 18.9 Å². The van der Waals surface area contributed by atoms with E-state index >= 15 is 0 Å². The topological polar surface area (TPSA) is 91.3 Å². The molecule has 1 unspecified atom stereocenters. The van der Waals surface area contributed by atoms with E-state index in [0.717, 1.165) is 19.3 Å². The summed E-state index contributed by atoms with van der Waals surface area (Å²) in [5.74, 6) is -0.340. The van der Waals surface area contributed by atoms with Gasteiger partial charge in [-0.3, -0.25) is 13.8 Å². The number of phosphoric ester groups is 1. The lowest BCUT2D eigenvalue weighted by Gasteiger charge is -2.24. The predicted octanol–water partition coefficient (Wildman–Crippen LogP) is 5.87. The van der Waals surface area contributed by atoms with Crippen LogP contribution in [0.4, 0.5) is 0 Å². The van der Waals surface area contributed by atoms with Crippen LogP contribution in [0.5, 0.6) is 0 Å². The third-order valence-corrected chi connectivity index (χ3v) is 6.56. The fourth-order valence-electron chi connectivity index (χ4n) is 3.48. The van der Waals surface area contributed by atoms with Crippen molar-refractivity contribution in [3.8, 4) is 0 Å². The number of rotatable bonds is 24. The summed E-state index contributed by atoms with van der Waals surface area (Å²) in [7, 11) is 3.14. The van der Waals surface area contributed by atoms with Gasteiger partial charge in [-0.25, -0.2) is 4.57 Å². The van der Waals surface area contributed by atoms with E-state index < -0.39 is 13.9 Å². The van der Waals surface area contributed by atoms with Gasteiger partial charge in [-0.05, 0) is 6.42 Å². The van der Waals surface area contributed by atoms with Crippen LogP contribution in [0.2, 0.25) is 0 Å². The van der Waals surface area contributed by atoms with E-state index in [0.29, 0.717) is 17.4 Å². The van der Waals surface area contributed by atoms with Crippen molar-refractivity contribution in [3.63, 3.8) is 0 Å². The minimum atomic E-state index is -4.21. The maximum atomic E-state index is 12.1. The maximum Gasteiger partial charge on any atom is 0.472 e. The molecule has 0 aromatic rings. The van der Waals surface area contributed by atoms with Crippen LogP contribution in [0.25, 0.3) is 0 Å². The van der Waals surface area contributed by atoms with Crippen LogP contribution in [0.15, 0.2) is 0 Å². The number of hydrogen-bond acceptors (Lipinski definition) is 6. The van der Waals surface area contributed by atoms with Crippen LogP contribution >= 0.6 is 7.82 Å². The van der Waals surface area contributed by atoms with Gasteiger partial charge in [-0.1, -0.05) is 84.0 Å². The molecule has 0 aliphatic heterocycles. The van der Waals surface area contributed by atoms with Crippen molar-refractivity contribution in [2.75, 3.05) is 54.6 Å². The minimum absolute atomic E-state index is 0.0865. The average molecular weight is 511 g/mol. The van der Waals surface area contributed by atoms with E-state index in [1.54, 1.807) is 0 Å². The van der Waals surface area contributed by atoms with E-state index in [9.17, 15) is 14.3 Å². The highest BCUT2D eigenvalue weighted by atomic mass is 31.2. The Bertz CT molecular complexity index is 540. The van der Waals surface area contributed by atoms with Gasteiger partial charge in [0.05, 0.1) is 34.4 Å². The largest absolute Gasteiger partial charge is 0.472 e. The first-order valence-electron chi connectivity index (χ1n) is 13.2. The van der Waals surface area contributed by atoms with Crippen molar-refractivity contribution in [3.05, 3.63) is 0 Å². The molecule has 9 heteroatoms. The van der Waals surface area contributed by atoms with Gasteiger partial charge in [0.2, 0.25) is 0 Å². The lowest BCUT2D eigenvalue weighted by atomic mass is 10.0.